The number of nitrogens with two attached hydrogens (primary N) is 1. The van der Waals surface area contributed by atoms with E-state index in [-0.39, 0.29) is 12.0 Å². The lowest BCUT2D eigenvalue weighted by Crippen LogP contribution is -2.36. The molecule has 1 atom stereocenters. The molecule has 3 heteroatoms. The lowest BCUT2D eigenvalue weighted by Gasteiger charge is -2.21. The number of likely N-dealkylation sites (tertiary alicyclic amines) is 1. The van der Waals surface area contributed by atoms with Crippen LogP contribution in [0.3, 0.4) is 0 Å². The molecule has 3 nitrogen and oxygen atoms in total. The van der Waals surface area contributed by atoms with Crippen LogP contribution < -0.4 is 5.73 Å². The first kappa shape index (κ1) is 10.5. The van der Waals surface area contributed by atoms with Gasteiger partial charge in [0.25, 0.3) is 0 Å². The fraction of sp³-hybridized carbons (Fsp3) is 0.900. The molecule has 0 unspecified atom stereocenters. The smallest absolute Gasteiger partial charge is 0.225 e. The van der Waals surface area contributed by atoms with Crippen LogP contribution in [0.15, 0.2) is 0 Å². The van der Waals surface area contributed by atoms with Gasteiger partial charge in [-0.05, 0) is 19.3 Å². The Bertz CT molecular complexity index is 178. The molecule has 0 aromatic carbocycles. The molecule has 1 heterocycles. The van der Waals surface area contributed by atoms with Crippen LogP contribution in [0.2, 0.25) is 0 Å². The Balaban J connectivity index is 2.47. The van der Waals surface area contributed by atoms with Gasteiger partial charge in [-0.2, -0.15) is 0 Å². The Labute approximate surface area is 80.3 Å². The summed E-state index contributed by atoms with van der Waals surface area (Å²) in [5.74, 6) is 0.517. The van der Waals surface area contributed by atoms with Crippen molar-refractivity contribution in [2.24, 2.45) is 11.7 Å². The van der Waals surface area contributed by atoms with Crippen molar-refractivity contribution in [2.45, 2.75) is 39.2 Å². The van der Waals surface area contributed by atoms with Gasteiger partial charge in [-0.15, -0.1) is 0 Å². The molecule has 0 aromatic heterocycles. The minimum Gasteiger partial charge on any atom is -0.341 e. The molecule has 0 radical (unpaired) electrons. The van der Waals surface area contributed by atoms with Crippen molar-refractivity contribution in [3.63, 3.8) is 0 Å². The number of rotatable bonds is 3. The molecule has 0 bridgehead atoms. The minimum atomic E-state index is 0.207. The number of carbonyl (C=O) groups is 1. The van der Waals surface area contributed by atoms with Gasteiger partial charge < -0.3 is 10.6 Å². The number of nitrogens with zero attached hydrogens (tertiary/aromatic N) is 1. The van der Waals surface area contributed by atoms with E-state index in [1.165, 1.54) is 0 Å². The van der Waals surface area contributed by atoms with E-state index in [1.807, 2.05) is 4.90 Å². The molecule has 1 amide bonds. The standard InChI is InChI=1S/C10H20N2O/c1-3-8(4-2)10(13)12-6-5-9(11)7-12/h8-9H,3-7,11H2,1-2H3/t9-/m1/s1. The molecule has 0 spiro atoms. The summed E-state index contributed by atoms with van der Waals surface area (Å²) in [4.78, 5) is 13.7. The van der Waals surface area contributed by atoms with Crippen molar-refractivity contribution in [3.8, 4) is 0 Å². The molecule has 0 aromatic rings. The van der Waals surface area contributed by atoms with Gasteiger partial charge in [0.15, 0.2) is 0 Å². The first-order valence-corrected chi connectivity index (χ1v) is 5.23. The van der Waals surface area contributed by atoms with Gasteiger partial charge in [-0.1, -0.05) is 13.8 Å². The van der Waals surface area contributed by atoms with Gasteiger partial charge in [0.2, 0.25) is 5.91 Å². The number of hydrogen-bond donors (Lipinski definition) is 1. The predicted molar refractivity (Wildman–Crippen MR) is 53.2 cm³/mol. The molecule has 1 aliphatic rings. The summed E-state index contributed by atoms with van der Waals surface area (Å²) in [6, 6.07) is 0.207. The van der Waals surface area contributed by atoms with Crippen molar-refractivity contribution in [3.05, 3.63) is 0 Å². The molecule has 1 saturated heterocycles. The van der Waals surface area contributed by atoms with Gasteiger partial charge in [-0.3, -0.25) is 4.79 Å². The summed E-state index contributed by atoms with van der Waals surface area (Å²) in [5.41, 5.74) is 5.75. The highest BCUT2D eigenvalue weighted by Crippen LogP contribution is 2.16. The zero-order valence-electron chi connectivity index (χ0n) is 8.62. The molecular weight excluding hydrogens is 164 g/mol. The average Bonchev–Trinajstić information content (AvgIpc) is 2.54. The maximum Gasteiger partial charge on any atom is 0.225 e. The molecule has 1 fully saturated rings. The van der Waals surface area contributed by atoms with Gasteiger partial charge in [0.1, 0.15) is 0 Å². The highest BCUT2D eigenvalue weighted by atomic mass is 16.2. The van der Waals surface area contributed by atoms with Gasteiger partial charge in [0, 0.05) is 25.0 Å². The molecule has 1 aliphatic heterocycles. The predicted octanol–water partition coefficient (Wildman–Crippen LogP) is 0.982. The third-order valence-corrected chi connectivity index (χ3v) is 2.87. The minimum absolute atomic E-state index is 0.207. The number of carbonyl (C=O) groups excluding carboxylic acids is 1. The van der Waals surface area contributed by atoms with Crippen molar-refractivity contribution in [1.82, 2.24) is 4.90 Å². The van der Waals surface area contributed by atoms with Crippen LogP contribution in [0.25, 0.3) is 0 Å². The normalized spacial score (nSPS) is 22.8. The van der Waals surface area contributed by atoms with Crippen molar-refractivity contribution in [1.29, 1.82) is 0 Å². The van der Waals surface area contributed by atoms with Crippen LogP contribution in [-0.2, 0) is 4.79 Å². The van der Waals surface area contributed by atoms with Gasteiger partial charge >= 0.3 is 0 Å². The van der Waals surface area contributed by atoms with Crippen LogP contribution in [-0.4, -0.2) is 29.9 Å². The molecule has 76 valence electrons. The Hall–Kier alpha value is -0.570. The van der Waals surface area contributed by atoms with Crippen LogP contribution >= 0.6 is 0 Å². The quantitative estimate of drug-likeness (QED) is 0.710. The SMILES string of the molecule is CCC(CC)C(=O)N1CC[C@@H](N)C1. The van der Waals surface area contributed by atoms with E-state index in [1.54, 1.807) is 0 Å². The first-order valence-electron chi connectivity index (χ1n) is 5.23. The van der Waals surface area contributed by atoms with Crippen LogP contribution in [0.5, 0.6) is 0 Å². The summed E-state index contributed by atoms with van der Waals surface area (Å²) in [7, 11) is 0. The number of amides is 1. The monoisotopic (exact) mass is 184 g/mol. The van der Waals surface area contributed by atoms with E-state index < -0.39 is 0 Å². The topological polar surface area (TPSA) is 46.3 Å². The third-order valence-electron chi connectivity index (χ3n) is 2.87. The zero-order valence-corrected chi connectivity index (χ0v) is 8.62. The van der Waals surface area contributed by atoms with E-state index in [0.29, 0.717) is 5.91 Å². The summed E-state index contributed by atoms with van der Waals surface area (Å²) in [5, 5.41) is 0. The Kier molecular flexibility index (Phi) is 3.72. The van der Waals surface area contributed by atoms with Gasteiger partial charge in [0.05, 0.1) is 0 Å². The maximum absolute atomic E-state index is 11.8. The molecule has 0 saturated carbocycles. The van der Waals surface area contributed by atoms with Crippen LogP contribution in [0.1, 0.15) is 33.1 Å². The molecule has 0 aliphatic carbocycles. The lowest BCUT2D eigenvalue weighted by molar-refractivity contribution is -0.134. The molecule has 2 N–H and O–H groups in total. The maximum atomic E-state index is 11.8. The summed E-state index contributed by atoms with van der Waals surface area (Å²) >= 11 is 0. The molecule has 13 heavy (non-hydrogen) atoms. The second-order valence-corrected chi connectivity index (χ2v) is 3.85. The Morgan fingerprint density at radius 1 is 1.54 bits per heavy atom. The van der Waals surface area contributed by atoms with E-state index in [4.69, 9.17) is 5.73 Å². The van der Waals surface area contributed by atoms with E-state index >= 15 is 0 Å². The lowest BCUT2D eigenvalue weighted by atomic mass is 10.0. The average molecular weight is 184 g/mol. The summed E-state index contributed by atoms with van der Waals surface area (Å²) in [6.45, 7) is 5.76. The van der Waals surface area contributed by atoms with E-state index in [9.17, 15) is 4.79 Å². The van der Waals surface area contributed by atoms with Gasteiger partial charge in [-0.25, -0.2) is 0 Å². The third kappa shape index (κ3) is 2.44. The first-order chi connectivity index (χ1) is 6.19. The van der Waals surface area contributed by atoms with E-state index in [2.05, 4.69) is 13.8 Å². The molecular formula is C10H20N2O. The van der Waals surface area contributed by atoms with Crippen LogP contribution in [0.4, 0.5) is 0 Å². The highest BCUT2D eigenvalue weighted by molar-refractivity contribution is 5.79. The fourth-order valence-corrected chi connectivity index (χ4v) is 1.88. The number of hydrogen-bond acceptors (Lipinski definition) is 2. The van der Waals surface area contributed by atoms with Crippen molar-refractivity contribution >= 4 is 5.91 Å². The molecule has 1 rings (SSSR count). The van der Waals surface area contributed by atoms with E-state index in [0.717, 1.165) is 32.4 Å². The van der Waals surface area contributed by atoms with Crippen LogP contribution in [0, 0.1) is 5.92 Å². The highest BCUT2D eigenvalue weighted by Gasteiger charge is 2.27. The second-order valence-electron chi connectivity index (χ2n) is 3.85. The fourth-order valence-electron chi connectivity index (χ4n) is 1.88. The van der Waals surface area contributed by atoms with Crippen molar-refractivity contribution in [2.75, 3.05) is 13.1 Å². The van der Waals surface area contributed by atoms with Crippen molar-refractivity contribution < 1.29 is 4.79 Å². The zero-order chi connectivity index (χ0) is 9.84. The Morgan fingerprint density at radius 2 is 2.15 bits per heavy atom. The largest absolute Gasteiger partial charge is 0.341 e. The summed E-state index contributed by atoms with van der Waals surface area (Å²) < 4.78 is 0. The summed E-state index contributed by atoms with van der Waals surface area (Å²) in [6.07, 6.45) is 2.86. The Morgan fingerprint density at radius 3 is 2.54 bits per heavy atom. The second kappa shape index (κ2) is 4.61.